The number of benzene rings is 2. The molecular formula is C23H21ClN4O2. The van der Waals surface area contributed by atoms with Crippen LogP contribution in [0.1, 0.15) is 39.5 Å². The van der Waals surface area contributed by atoms with E-state index >= 15 is 0 Å². The summed E-state index contributed by atoms with van der Waals surface area (Å²) in [5, 5.41) is 7.89. The van der Waals surface area contributed by atoms with Crippen molar-refractivity contribution in [1.29, 1.82) is 0 Å². The predicted molar refractivity (Wildman–Crippen MR) is 115 cm³/mol. The molecule has 152 valence electrons. The van der Waals surface area contributed by atoms with Gasteiger partial charge < -0.3 is 10.2 Å². The quantitative estimate of drug-likeness (QED) is 0.684. The van der Waals surface area contributed by atoms with E-state index in [9.17, 15) is 9.59 Å². The van der Waals surface area contributed by atoms with Crippen molar-refractivity contribution in [2.45, 2.75) is 24.8 Å². The fourth-order valence-corrected chi connectivity index (χ4v) is 5.02. The lowest BCUT2D eigenvalue weighted by Crippen LogP contribution is -2.42. The molecule has 0 bridgehead atoms. The van der Waals surface area contributed by atoms with Crippen molar-refractivity contribution in [3.05, 3.63) is 82.1 Å². The molecule has 1 saturated heterocycles. The first-order valence-corrected chi connectivity index (χ1v) is 10.3. The molecule has 3 aromatic rings. The number of anilines is 1. The molecule has 1 spiro atoms. The molecule has 2 atom stereocenters. The molecule has 0 saturated carbocycles. The van der Waals surface area contributed by atoms with E-state index in [1.165, 1.54) is 0 Å². The van der Waals surface area contributed by atoms with E-state index in [0.29, 0.717) is 23.6 Å². The fraction of sp³-hybridized carbons (Fsp3) is 0.261. The average molecular weight is 421 g/mol. The summed E-state index contributed by atoms with van der Waals surface area (Å²) in [5.74, 6) is -0.213. The molecule has 5 rings (SSSR count). The van der Waals surface area contributed by atoms with Gasteiger partial charge in [-0.3, -0.25) is 14.3 Å². The predicted octanol–water partition coefficient (Wildman–Crippen LogP) is 3.86. The van der Waals surface area contributed by atoms with Gasteiger partial charge in [0.15, 0.2) is 0 Å². The number of carbonyl (C=O) groups is 2. The van der Waals surface area contributed by atoms with Crippen molar-refractivity contribution < 1.29 is 9.59 Å². The zero-order valence-corrected chi connectivity index (χ0v) is 17.5. The van der Waals surface area contributed by atoms with Crippen LogP contribution in [0.2, 0.25) is 5.02 Å². The van der Waals surface area contributed by atoms with Gasteiger partial charge in [-0.1, -0.05) is 35.9 Å². The van der Waals surface area contributed by atoms with Gasteiger partial charge in [-0.2, -0.15) is 5.10 Å². The van der Waals surface area contributed by atoms with Crippen molar-refractivity contribution in [3.63, 3.8) is 0 Å². The number of carbonyl (C=O) groups excluding carboxylic acids is 2. The Labute approximate surface area is 179 Å². The monoisotopic (exact) mass is 420 g/mol. The second kappa shape index (κ2) is 6.71. The number of nitrogens with zero attached hydrogens (tertiary/aromatic N) is 3. The number of para-hydroxylation sites is 1. The third-order valence-electron chi connectivity index (χ3n) is 6.31. The van der Waals surface area contributed by atoms with Gasteiger partial charge in [-0.25, -0.2) is 0 Å². The van der Waals surface area contributed by atoms with Gasteiger partial charge in [0, 0.05) is 41.6 Å². The number of hydrogen-bond acceptors (Lipinski definition) is 3. The maximum absolute atomic E-state index is 13.6. The van der Waals surface area contributed by atoms with E-state index in [1.54, 1.807) is 27.9 Å². The lowest BCUT2D eigenvalue weighted by Gasteiger charge is -2.33. The van der Waals surface area contributed by atoms with Gasteiger partial charge in [0.1, 0.15) is 5.41 Å². The number of aryl methyl sites for hydroxylation is 2. The first kappa shape index (κ1) is 18.9. The molecule has 0 radical (unpaired) electrons. The zero-order chi connectivity index (χ0) is 21.0. The number of amides is 2. The Morgan fingerprint density at radius 1 is 1.27 bits per heavy atom. The van der Waals surface area contributed by atoms with Gasteiger partial charge in [0.25, 0.3) is 5.91 Å². The Kier molecular flexibility index (Phi) is 4.22. The molecule has 7 heteroatoms. The van der Waals surface area contributed by atoms with E-state index in [4.69, 9.17) is 11.6 Å². The van der Waals surface area contributed by atoms with Gasteiger partial charge in [0.2, 0.25) is 5.91 Å². The highest BCUT2D eigenvalue weighted by Crippen LogP contribution is 2.54. The number of aromatic nitrogens is 2. The minimum absolute atomic E-state index is 0.0743. The molecular weight excluding hydrogens is 400 g/mol. The van der Waals surface area contributed by atoms with Crippen LogP contribution < -0.4 is 5.32 Å². The van der Waals surface area contributed by atoms with Crippen LogP contribution in [0.4, 0.5) is 5.69 Å². The van der Waals surface area contributed by atoms with Crippen LogP contribution in [-0.2, 0) is 17.3 Å². The Bertz CT molecular complexity index is 1190. The van der Waals surface area contributed by atoms with E-state index in [1.807, 2.05) is 50.5 Å². The summed E-state index contributed by atoms with van der Waals surface area (Å²) < 4.78 is 1.70. The molecule has 2 amide bonds. The summed E-state index contributed by atoms with van der Waals surface area (Å²) in [7, 11) is 1.83. The lowest BCUT2D eigenvalue weighted by molar-refractivity contribution is -0.121. The largest absolute Gasteiger partial charge is 0.330 e. The first-order valence-electron chi connectivity index (χ1n) is 9.88. The molecule has 1 aromatic heterocycles. The van der Waals surface area contributed by atoms with Crippen LogP contribution in [0.5, 0.6) is 0 Å². The molecule has 1 N–H and O–H groups in total. The Hall–Kier alpha value is -3.12. The number of fused-ring (bicyclic) bond motifs is 2. The second-order valence-corrected chi connectivity index (χ2v) is 8.44. The number of rotatable bonds is 2. The van der Waals surface area contributed by atoms with Gasteiger partial charge in [0.05, 0.1) is 12.2 Å². The van der Waals surface area contributed by atoms with Crippen LogP contribution in [0.15, 0.2) is 54.9 Å². The van der Waals surface area contributed by atoms with E-state index in [2.05, 4.69) is 10.4 Å². The standard InChI is InChI=1S/C23H21ClN4O2/c1-14-7-8-15(11-18(14)24)21(29)28-10-9-23(20(28)16-12-25-27(2)13-16)17-5-3-4-6-19(17)26-22(23)30/h3-8,11-13,20H,9-10H2,1-2H3,(H,26,30)/t20-,23+/m0/s1. The summed E-state index contributed by atoms with van der Waals surface area (Å²) in [6.45, 7) is 2.37. The number of likely N-dealkylation sites (tertiary alicyclic amines) is 1. The molecule has 6 nitrogen and oxygen atoms in total. The van der Waals surface area contributed by atoms with E-state index < -0.39 is 11.5 Å². The van der Waals surface area contributed by atoms with Crippen LogP contribution in [0.3, 0.4) is 0 Å². The van der Waals surface area contributed by atoms with Gasteiger partial charge >= 0.3 is 0 Å². The van der Waals surface area contributed by atoms with E-state index in [0.717, 1.165) is 22.4 Å². The zero-order valence-electron chi connectivity index (χ0n) is 16.7. The molecule has 2 aliphatic heterocycles. The van der Waals surface area contributed by atoms with Crippen LogP contribution in [0, 0.1) is 6.92 Å². The van der Waals surface area contributed by atoms with Gasteiger partial charge in [-0.15, -0.1) is 0 Å². The fourth-order valence-electron chi connectivity index (χ4n) is 4.84. The SMILES string of the molecule is Cc1ccc(C(=O)N2CC[C@]3(C(=O)Nc4ccccc43)[C@@H]2c2cnn(C)c2)cc1Cl. The maximum Gasteiger partial charge on any atom is 0.254 e. The maximum atomic E-state index is 13.6. The minimum atomic E-state index is -0.843. The van der Waals surface area contributed by atoms with Crippen molar-refractivity contribution in [1.82, 2.24) is 14.7 Å². The number of halogens is 1. The normalized spacial score (nSPS) is 22.4. The van der Waals surface area contributed by atoms with E-state index in [-0.39, 0.29) is 11.8 Å². The Morgan fingerprint density at radius 3 is 2.80 bits per heavy atom. The summed E-state index contributed by atoms with van der Waals surface area (Å²) in [4.78, 5) is 28.7. The molecule has 3 heterocycles. The smallest absolute Gasteiger partial charge is 0.254 e. The van der Waals surface area contributed by atoms with Gasteiger partial charge in [-0.05, 0) is 42.7 Å². The van der Waals surface area contributed by atoms with Crippen molar-refractivity contribution in [2.75, 3.05) is 11.9 Å². The minimum Gasteiger partial charge on any atom is -0.330 e. The number of hydrogen-bond donors (Lipinski definition) is 1. The van der Waals surface area contributed by atoms with Crippen molar-refractivity contribution >= 4 is 29.1 Å². The highest BCUT2D eigenvalue weighted by molar-refractivity contribution is 6.31. The Morgan fingerprint density at radius 2 is 2.07 bits per heavy atom. The highest BCUT2D eigenvalue weighted by atomic mass is 35.5. The molecule has 0 unspecified atom stereocenters. The molecule has 2 aliphatic rings. The molecule has 2 aromatic carbocycles. The Balaban J connectivity index is 1.65. The van der Waals surface area contributed by atoms with Crippen LogP contribution in [-0.4, -0.2) is 33.0 Å². The summed E-state index contributed by atoms with van der Waals surface area (Å²) >= 11 is 6.28. The summed E-state index contributed by atoms with van der Waals surface area (Å²) in [6, 6.07) is 12.6. The van der Waals surface area contributed by atoms with Crippen LogP contribution in [0.25, 0.3) is 0 Å². The molecule has 1 fully saturated rings. The third kappa shape index (κ3) is 2.60. The van der Waals surface area contributed by atoms with Crippen molar-refractivity contribution in [2.24, 2.45) is 7.05 Å². The second-order valence-electron chi connectivity index (χ2n) is 8.03. The first-order chi connectivity index (χ1) is 14.4. The average Bonchev–Trinajstić information content (AvgIpc) is 3.41. The van der Waals surface area contributed by atoms with Crippen LogP contribution >= 0.6 is 11.6 Å². The molecule has 30 heavy (non-hydrogen) atoms. The topological polar surface area (TPSA) is 67.2 Å². The molecule has 0 aliphatic carbocycles. The summed E-state index contributed by atoms with van der Waals surface area (Å²) in [5.41, 5.74) is 3.17. The third-order valence-corrected chi connectivity index (χ3v) is 6.71. The number of nitrogens with one attached hydrogen (secondary N) is 1. The highest BCUT2D eigenvalue weighted by Gasteiger charge is 2.59. The van der Waals surface area contributed by atoms with Crippen molar-refractivity contribution in [3.8, 4) is 0 Å². The summed E-state index contributed by atoms with van der Waals surface area (Å²) in [6.07, 6.45) is 4.17. The lowest BCUT2D eigenvalue weighted by atomic mass is 9.73.